The zero-order chi connectivity index (χ0) is 16.1. The average molecular weight is 322 g/mol. The summed E-state index contributed by atoms with van der Waals surface area (Å²) in [6.07, 6.45) is 1.67. The molecular weight excluding hydrogens is 303 g/mol. The Morgan fingerprint density at radius 1 is 1.36 bits per heavy atom. The van der Waals surface area contributed by atoms with E-state index in [1.54, 1.807) is 30.4 Å². The fraction of sp³-hybridized carbons (Fsp3) is 0.400. The van der Waals surface area contributed by atoms with Crippen LogP contribution in [0.3, 0.4) is 0 Å². The highest BCUT2D eigenvalue weighted by Gasteiger charge is 2.13. The van der Waals surface area contributed by atoms with Gasteiger partial charge in [-0.25, -0.2) is 4.39 Å². The predicted molar refractivity (Wildman–Crippen MR) is 84.0 cm³/mol. The minimum Gasteiger partial charge on any atom is -0.341 e. The molecule has 0 aliphatic rings. The molecule has 22 heavy (non-hydrogen) atoms. The molecule has 1 heterocycles. The molecule has 1 aromatic heterocycles. The predicted octanol–water partition coefficient (Wildman–Crippen LogP) is 2.75. The Morgan fingerprint density at radius 2 is 2.05 bits per heavy atom. The third-order valence-corrected chi connectivity index (χ3v) is 4.12. The second-order valence-electron chi connectivity index (χ2n) is 5.28. The summed E-state index contributed by atoms with van der Waals surface area (Å²) < 4.78 is 14.8. The molecule has 0 radical (unpaired) electrons. The highest BCUT2D eigenvalue weighted by molar-refractivity contribution is 7.99. The standard InChI is InChI=1S/C15H19FN4OS/c1-11(2)20-10-17-18-15(20)22-9-14(21)19(3)8-12-4-6-13(16)7-5-12/h4-7,10-11H,8-9H2,1-3H3. The summed E-state index contributed by atoms with van der Waals surface area (Å²) in [5, 5.41) is 8.63. The van der Waals surface area contributed by atoms with Crippen LogP contribution in [0, 0.1) is 5.82 Å². The monoisotopic (exact) mass is 322 g/mol. The maximum atomic E-state index is 12.9. The lowest BCUT2D eigenvalue weighted by Crippen LogP contribution is -2.27. The van der Waals surface area contributed by atoms with Crippen LogP contribution in [0.5, 0.6) is 0 Å². The van der Waals surface area contributed by atoms with Gasteiger partial charge in [-0.1, -0.05) is 23.9 Å². The zero-order valence-corrected chi connectivity index (χ0v) is 13.7. The van der Waals surface area contributed by atoms with Gasteiger partial charge < -0.3 is 9.47 Å². The molecule has 0 aliphatic carbocycles. The summed E-state index contributed by atoms with van der Waals surface area (Å²) >= 11 is 1.37. The van der Waals surface area contributed by atoms with Crippen LogP contribution in [0.2, 0.25) is 0 Å². The Balaban J connectivity index is 1.88. The second-order valence-corrected chi connectivity index (χ2v) is 6.22. The fourth-order valence-corrected chi connectivity index (χ4v) is 2.86. The SMILES string of the molecule is CC(C)n1cnnc1SCC(=O)N(C)Cc1ccc(F)cc1. The summed E-state index contributed by atoms with van der Waals surface area (Å²) in [7, 11) is 1.74. The molecule has 0 unspecified atom stereocenters. The molecule has 0 N–H and O–H groups in total. The first-order valence-corrected chi connectivity index (χ1v) is 7.96. The number of carbonyl (C=O) groups is 1. The van der Waals surface area contributed by atoms with E-state index in [1.165, 1.54) is 23.9 Å². The molecule has 0 atom stereocenters. The quantitative estimate of drug-likeness (QED) is 0.767. The minimum atomic E-state index is -0.277. The van der Waals surface area contributed by atoms with Gasteiger partial charge in [0.1, 0.15) is 12.1 Å². The lowest BCUT2D eigenvalue weighted by molar-refractivity contribution is -0.127. The van der Waals surface area contributed by atoms with Crippen molar-refractivity contribution in [1.82, 2.24) is 19.7 Å². The van der Waals surface area contributed by atoms with Gasteiger partial charge in [0.25, 0.3) is 0 Å². The van der Waals surface area contributed by atoms with Gasteiger partial charge in [0, 0.05) is 19.6 Å². The lowest BCUT2D eigenvalue weighted by Gasteiger charge is -2.17. The maximum Gasteiger partial charge on any atom is 0.233 e. The summed E-state index contributed by atoms with van der Waals surface area (Å²) in [4.78, 5) is 13.8. The molecule has 0 aliphatic heterocycles. The van der Waals surface area contributed by atoms with Crippen LogP contribution in [0.15, 0.2) is 35.7 Å². The molecular formula is C15H19FN4OS. The molecule has 2 aromatic rings. The van der Waals surface area contributed by atoms with Crippen molar-refractivity contribution >= 4 is 17.7 Å². The number of hydrogen-bond donors (Lipinski definition) is 0. The van der Waals surface area contributed by atoms with E-state index >= 15 is 0 Å². The third-order valence-electron chi connectivity index (χ3n) is 3.18. The zero-order valence-electron chi connectivity index (χ0n) is 12.9. The van der Waals surface area contributed by atoms with Crippen molar-refractivity contribution in [2.45, 2.75) is 31.6 Å². The van der Waals surface area contributed by atoms with E-state index in [1.807, 2.05) is 18.4 Å². The van der Waals surface area contributed by atoms with Gasteiger partial charge in [-0.05, 0) is 31.5 Å². The number of thioether (sulfide) groups is 1. The van der Waals surface area contributed by atoms with E-state index in [2.05, 4.69) is 10.2 Å². The highest BCUT2D eigenvalue weighted by Crippen LogP contribution is 2.19. The first-order valence-electron chi connectivity index (χ1n) is 6.98. The van der Waals surface area contributed by atoms with Gasteiger partial charge in [0.05, 0.1) is 5.75 Å². The summed E-state index contributed by atoms with van der Waals surface area (Å²) in [5.74, 6) is 0.0114. The maximum absolute atomic E-state index is 12.9. The Morgan fingerprint density at radius 3 is 2.68 bits per heavy atom. The van der Waals surface area contributed by atoms with Gasteiger partial charge in [0.15, 0.2) is 5.16 Å². The highest BCUT2D eigenvalue weighted by atomic mass is 32.2. The molecule has 0 fully saturated rings. The number of rotatable bonds is 6. The first kappa shape index (κ1) is 16.5. The van der Waals surface area contributed by atoms with E-state index in [-0.39, 0.29) is 17.8 Å². The minimum absolute atomic E-state index is 0.00682. The van der Waals surface area contributed by atoms with E-state index < -0.39 is 0 Å². The van der Waals surface area contributed by atoms with Crippen LogP contribution >= 0.6 is 11.8 Å². The number of nitrogens with zero attached hydrogens (tertiary/aromatic N) is 4. The fourth-order valence-electron chi connectivity index (χ4n) is 1.88. The van der Waals surface area contributed by atoms with Crippen molar-refractivity contribution < 1.29 is 9.18 Å². The topological polar surface area (TPSA) is 51.0 Å². The average Bonchev–Trinajstić information content (AvgIpc) is 2.95. The van der Waals surface area contributed by atoms with E-state index in [9.17, 15) is 9.18 Å². The second kappa shape index (κ2) is 7.40. The smallest absolute Gasteiger partial charge is 0.233 e. The summed E-state index contributed by atoms with van der Waals surface area (Å²) in [5.41, 5.74) is 0.896. The van der Waals surface area contributed by atoms with E-state index in [0.717, 1.165) is 10.7 Å². The first-order chi connectivity index (χ1) is 10.5. The molecule has 7 heteroatoms. The van der Waals surface area contributed by atoms with Crippen molar-refractivity contribution in [1.29, 1.82) is 0 Å². The van der Waals surface area contributed by atoms with E-state index in [0.29, 0.717) is 12.3 Å². The van der Waals surface area contributed by atoms with Crippen molar-refractivity contribution in [3.8, 4) is 0 Å². The van der Waals surface area contributed by atoms with Crippen LogP contribution in [-0.2, 0) is 11.3 Å². The normalized spacial score (nSPS) is 11.0. The van der Waals surface area contributed by atoms with Crippen molar-refractivity contribution in [2.75, 3.05) is 12.8 Å². The van der Waals surface area contributed by atoms with Crippen LogP contribution in [-0.4, -0.2) is 38.4 Å². The van der Waals surface area contributed by atoms with Crippen LogP contribution in [0.1, 0.15) is 25.5 Å². The van der Waals surface area contributed by atoms with Gasteiger partial charge in [-0.3, -0.25) is 4.79 Å². The molecule has 1 aromatic carbocycles. The van der Waals surface area contributed by atoms with Crippen molar-refractivity contribution in [3.05, 3.63) is 42.0 Å². The third kappa shape index (κ3) is 4.30. The van der Waals surface area contributed by atoms with Crippen LogP contribution < -0.4 is 0 Å². The van der Waals surface area contributed by atoms with Crippen molar-refractivity contribution in [2.24, 2.45) is 0 Å². The Kier molecular flexibility index (Phi) is 5.54. The Hall–Kier alpha value is -1.89. The number of aromatic nitrogens is 3. The molecule has 118 valence electrons. The van der Waals surface area contributed by atoms with Gasteiger partial charge in [-0.2, -0.15) is 0 Å². The molecule has 2 rings (SSSR count). The molecule has 0 saturated carbocycles. The van der Waals surface area contributed by atoms with Gasteiger partial charge in [-0.15, -0.1) is 10.2 Å². The Labute approximate surface area is 133 Å². The van der Waals surface area contributed by atoms with Gasteiger partial charge in [0.2, 0.25) is 5.91 Å². The Bertz CT molecular complexity index is 627. The van der Waals surface area contributed by atoms with E-state index in [4.69, 9.17) is 0 Å². The number of carbonyl (C=O) groups excluding carboxylic acids is 1. The number of benzene rings is 1. The molecule has 1 amide bonds. The summed E-state index contributed by atoms with van der Waals surface area (Å²) in [6.45, 7) is 4.53. The number of halogens is 1. The molecule has 0 spiro atoms. The van der Waals surface area contributed by atoms with Crippen LogP contribution in [0.25, 0.3) is 0 Å². The van der Waals surface area contributed by atoms with Gasteiger partial charge >= 0.3 is 0 Å². The molecule has 0 bridgehead atoms. The molecule has 5 nitrogen and oxygen atoms in total. The lowest BCUT2D eigenvalue weighted by atomic mass is 10.2. The van der Waals surface area contributed by atoms with Crippen LogP contribution in [0.4, 0.5) is 4.39 Å². The largest absolute Gasteiger partial charge is 0.341 e. The molecule has 0 saturated heterocycles. The summed E-state index contributed by atoms with van der Waals surface area (Å²) in [6, 6.07) is 6.41. The number of amides is 1. The van der Waals surface area contributed by atoms with Crippen molar-refractivity contribution in [3.63, 3.8) is 0 Å². The number of hydrogen-bond acceptors (Lipinski definition) is 4.